The van der Waals surface area contributed by atoms with E-state index < -0.39 is 0 Å². The van der Waals surface area contributed by atoms with Crippen LogP contribution in [0.1, 0.15) is 44.0 Å². The molecule has 2 rings (SSSR count). The number of methoxy groups -OCH3 is 1. The summed E-state index contributed by atoms with van der Waals surface area (Å²) in [6.07, 6.45) is 2.46. The Balaban J connectivity index is 2.20. The van der Waals surface area contributed by atoms with Gasteiger partial charge in [0.2, 0.25) is 5.95 Å². The SMILES string of the molecule is COCc1cc(C(C)C)nc(NC2CC2)n1. The second-order valence-electron chi connectivity index (χ2n) is 4.61. The van der Waals surface area contributed by atoms with Crippen LogP contribution in [-0.2, 0) is 11.3 Å². The molecule has 0 amide bonds. The van der Waals surface area contributed by atoms with Crippen molar-refractivity contribution in [2.24, 2.45) is 0 Å². The van der Waals surface area contributed by atoms with E-state index in [1.807, 2.05) is 6.07 Å². The van der Waals surface area contributed by atoms with E-state index in [4.69, 9.17) is 4.74 Å². The van der Waals surface area contributed by atoms with Crippen LogP contribution in [0.25, 0.3) is 0 Å². The Kier molecular flexibility index (Phi) is 3.39. The summed E-state index contributed by atoms with van der Waals surface area (Å²) < 4.78 is 5.12. The Morgan fingerprint density at radius 2 is 2.19 bits per heavy atom. The zero-order valence-corrected chi connectivity index (χ0v) is 10.2. The highest BCUT2D eigenvalue weighted by atomic mass is 16.5. The van der Waals surface area contributed by atoms with Crippen molar-refractivity contribution in [3.8, 4) is 0 Å². The van der Waals surface area contributed by atoms with Crippen molar-refractivity contribution in [2.75, 3.05) is 12.4 Å². The van der Waals surface area contributed by atoms with Crippen molar-refractivity contribution < 1.29 is 4.74 Å². The Morgan fingerprint density at radius 3 is 2.75 bits per heavy atom. The predicted octanol–water partition coefficient (Wildman–Crippen LogP) is 2.32. The molecule has 0 radical (unpaired) electrons. The first-order chi connectivity index (χ1) is 7.69. The fourth-order valence-corrected chi connectivity index (χ4v) is 1.51. The number of rotatable bonds is 5. The van der Waals surface area contributed by atoms with Crippen molar-refractivity contribution in [1.82, 2.24) is 9.97 Å². The lowest BCUT2D eigenvalue weighted by Gasteiger charge is -2.10. The van der Waals surface area contributed by atoms with Crippen molar-refractivity contribution in [1.29, 1.82) is 0 Å². The molecule has 1 N–H and O–H groups in total. The van der Waals surface area contributed by atoms with Gasteiger partial charge >= 0.3 is 0 Å². The van der Waals surface area contributed by atoms with E-state index in [-0.39, 0.29) is 0 Å². The molecule has 1 aromatic rings. The fraction of sp³-hybridized carbons (Fsp3) is 0.667. The van der Waals surface area contributed by atoms with Gasteiger partial charge in [0.15, 0.2) is 0 Å². The van der Waals surface area contributed by atoms with Crippen LogP contribution in [0.2, 0.25) is 0 Å². The van der Waals surface area contributed by atoms with E-state index in [1.165, 1.54) is 12.8 Å². The molecule has 88 valence electrons. The number of nitrogens with one attached hydrogen (secondary N) is 1. The highest BCUT2D eigenvalue weighted by Gasteiger charge is 2.22. The molecule has 1 aliphatic rings. The zero-order chi connectivity index (χ0) is 11.5. The van der Waals surface area contributed by atoms with Gasteiger partial charge in [-0.05, 0) is 24.8 Å². The van der Waals surface area contributed by atoms with Crippen molar-refractivity contribution in [3.63, 3.8) is 0 Å². The molecule has 0 aliphatic heterocycles. The minimum atomic E-state index is 0.415. The maximum Gasteiger partial charge on any atom is 0.223 e. The van der Waals surface area contributed by atoms with E-state index in [1.54, 1.807) is 7.11 Å². The maximum absolute atomic E-state index is 5.12. The lowest BCUT2D eigenvalue weighted by Crippen LogP contribution is -2.09. The van der Waals surface area contributed by atoms with Crippen LogP contribution in [0.5, 0.6) is 0 Å². The summed E-state index contributed by atoms with van der Waals surface area (Å²) in [6, 6.07) is 2.60. The normalized spacial score (nSPS) is 15.5. The van der Waals surface area contributed by atoms with E-state index >= 15 is 0 Å². The molecular weight excluding hydrogens is 202 g/mol. The number of ether oxygens (including phenoxy) is 1. The summed E-state index contributed by atoms with van der Waals surface area (Å²) in [6.45, 7) is 4.82. The monoisotopic (exact) mass is 221 g/mol. The second kappa shape index (κ2) is 4.78. The van der Waals surface area contributed by atoms with Gasteiger partial charge in [-0.15, -0.1) is 0 Å². The standard InChI is InChI=1S/C12H19N3O/c1-8(2)11-6-10(7-16-3)14-12(15-11)13-9-4-5-9/h6,8-9H,4-5,7H2,1-3H3,(H,13,14,15). The number of hydrogen-bond donors (Lipinski definition) is 1. The van der Waals surface area contributed by atoms with Crippen molar-refractivity contribution in [3.05, 3.63) is 17.5 Å². The molecule has 0 bridgehead atoms. The first kappa shape index (κ1) is 11.3. The smallest absolute Gasteiger partial charge is 0.223 e. The van der Waals surface area contributed by atoms with Gasteiger partial charge in [-0.3, -0.25) is 0 Å². The summed E-state index contributed by atoms with van der Waals surface area (Å²) in [4.78, 5) is 8.96. The number of nitrogens with zero attached hydrogens (tertiary/aromatic N) is 2. The Bertz CT molecular complexity index is 361. The van der Waals surface area contributed by atoms with Crippen molar-refractivity contribution >= 4 is 5.95 Å². The van der Waals surface area contributed by atoms with Crippen LogP contribution >= 0.6 is 0 Å². The largest absolute Gasteiger partial charge is 0.378 e. The van der Waals surface area contributed by atoms with Crippen LogP contribution in [0.4, 0.5) is 5.95 Å². The molecule has 16 heavy (non-hydrogen) atoms. The van der Waals surface area contributed by atoms with Crippen LogP contribution in [0.15, 0.2) is 6.07 Å². The molecule has 1 aromatic heterocycles. The van der Waals surface area contributed by atoms with Gasteiger partial charge in [-0.2, -0.15) is 0 Å². The molecule has 0 aromatic carbocycles. The average Bonchev–Trinajstić information content (AvgIpc) is 3.01. The molecule has 0 saturated heterocycles. The number of anilines is 1. The van der Waals surface area contributed by atoms with Gasteiger partial charge in [0, 0.05) is 18.8 Å². The van der Waals surface area contributed by atoms with E-state index in [0.29, 0.717) is 18.6 Å². The Hall–Kier alpha value is -1.16. The molecule has 0 spiro atoms. The van der Waals surface area contributed by atoms with E-state index in [0.717, 1.165) is 17.3 Å². The fourth-order valence-electron chi connectivity index (χ4n) is 1.51. The van der Waals surface area contributed by atoms with E-state index in [9.17, 15) is 0 Å². The molecule has 1 fully saturated rings. The molecular formula is C12H19N3O. The lowest BCUT2D eigenvalue weighted by atomic mass is 10.1. The maximum atomic E-state index is 5.12. The molecule has 4 heteroatoms. The second-order valence-corrected chi connectivity index (χ2v) is 4.61. The molecule has 1 aliphatic carbocycles. The van der Waals surface area contributed by atoms with Crippen LogP contribution < -0.4 is 5.32 Å². The molecule has 1 saturated carbocycles. The first-order valence-electron chi connectivity index (χ1n) is 5.82. The summed E-state index contributed by atoms with van der Waals surface area (Å²) in [5.41, 5.74) is 2.02. The average molecular weight is 221 g/mol. The highest BCUT2D eigenvalue weighted by Crippen LogP contribution is 2.24. The lowest BCUT2D eigenvalue weighted by molar-refractivity contribution is 0.181. The number of hydrogen-bond acceptors (Lipinski definition) is 4. The van der Waals surface area contributed by atoms with Gasteiger partial charge in [-0.25, -0.2) is 9.97 Å². The Morgan fingerprint density at radius 1 is 1.44 bits per heavy atom. The molecule has 0 unspecified atom stereocenters. The summed E-state index contributed by atoms with van der Waals surface area (Å²) in [5.74, 6) is 1.17. The topological polar surface area (TPSA) is 47.0 Å². The van der Waals surface area contributed by atoms with Crippen LogP contribution in [-0.4, -0.2) is 23.1 Å². The third-order valence-electron chi connectivity index (χ3n) is 2.59. The third kappa shape index (κ3) is 2.92. The summed E-state index contributed by atoms with van der Waals surface area (Å²) in [5, 5.41) is 3.33. The molecule has 0 atom stereocenters. The van der Waals surface area contributed by atoms with Crippen LogP contribution in [0.3, 0.4) is 0 Å². The minimum absolute atomic E-state index is 0.415. The third-order valence-corrected chi connectivity index (χ3v) is 2.59. The predicted molar refractivity (Wildman–Crippen MR) is 63.5 cm³/mol. The van der Waals surface area contributed by atoms with Gasteiger partial charge in [0.05, 0.1) is 12.3 Å². The van der Waals surface area contributed by atoms with Crippen LogP contribution in [0, 0.1) is 0 Å². The van der Waals surface area contributed by atoms with Gasteiger partial charge in [0.1, 0.15) is 0 Å². The summed E-state index contributed by atoms with van der Waals surface area (Å²) >= 11 is 0. The first-order valence-corrected chi connectivity index (χ1v) is 5.82. The van der Waals surface area contributed by atoms with Crippen molar-refractivity contribution in [2.45, 2.75) is 45.3 Å². The van der Waals surface area contributed by atoms with Gasteiger partial charge in [-0.1, -0.05) is 13.8 Å². The quantitative estimate of drug-likeness (QED) is 0.829. The molecule has 1 heterocycles. The van der Waals surface area contributed by atoms with Gasteiger partial charge in [0.25, 0.3) is 0 Å². The zero-order valence-electron chi connectivity index (χ0n) is 10.2. The highest BCUT2D eigenvalue weighted by molar-refractivity contribution is 5.32. The van der Waals surface area contributed by atoms with E-state index in [2.05, 4.69) is 29.1 Å². The summed E-state index contributed by atoms with van der Waals surface area (Å²) in [7, 11) is 1.69. The minimum Gasteiger partial charge on any atom is -0.378 e. The molecule has 4 nitrogen and oxygen atoms in total. The number of aromatic nitrogens is 2. The van der Waals surface area contributed by atoms with Gasteiger partial charge < -0.3 is 10.1 Å². The Labute approximate surface area is 96.4 Å².